The van der Waals surface area contributed by atoms with Gasteiger partial charge in [0, 0.05) is 38.0 Å². The molecule has 0 bridgehead atoms. The molecule has 0 saturated heterocycles. The summed E-state index contributed by atoms with van der Waals surface area (Å²) in [6.45, 7) is 5.70. The number of nitrogens with one attached hydrogen (secondary N) is 2. The van der Waals surface area contributed by atoms with E-state index in [1.807, 2.05) is 0 Å². The van der Waals surface area contributed by atoms with Crippen LogP contribution in [0, 0.1) is 0 Å². The molecule has 1 heterocycles. The standard InChI is InChI=1S/C17H22ClN3O4/c1-11(22)19-7-8-20-15(23)6-9-21-13-10-12(18)4-5-14(13)25-17(2,3)16(21)24/h4-5,10H,6-9H2,1-3H3,(H,19,22)(H,20,23). The number of hydrogen-bond donors (Lipinski definition) is 2. The molecule has 136 valence electrons. The maximum Gasteiger partial charge on any atom is 0.270 e. The SMILES string of the molecule is CC(=O)NCCNC(=O)CCN1C(=O)C(C)(C)Oc2ccc(Cl)cc21. The molecule has 2 rings (SSSR count). The van der Waals surface area contributed by atoms with Gasteiger partial charge < -0.3 is 20.3 Å². The number of carbonyl (C=O) groups is 3. The molecule has 1 aromatic carbocycles. The molecule has 1 aliphatic rings. The number of ether oxygens (including phenoxy) is 1. The van der Waals surface area contributed by atoms with E-state index in [0.29, 0.717) is 29.5 Å². The second-order valence-corrected chi connectivity index (χ2v) is 6.70. The second-order valence-electron chi connectivity index (χ2n) is 6.26. The minimum atomic E-state index is -1.01. The van der Waals surface area contributed by atoms with Crippen molar-refractivity contribution in [2.45, 2.75) is 32.8 Å². The van der Waals surface area contributed by atoms with Gasteiger partial charge in [-0.2, -0.15) is 0 Å². The van der Waals surface area contributed by atoms with Crippen LogP contribution < -0.4 is 20.3 Å². The zero-order chi connectivity index (χ0) is 18.6. The highest BCUT2D eigenvalue weighted by Crippen LogP contribution is 2.39. The molecule has 3 amide bonds. The van der Waals surface area contributed by atoms with Crippen LogP contribution in [0.5, 0.6) is 5.75 Å². The summed E-state index contributed by atoms with van der Waals surface area (Å²) in [6.07, 6.45) is 0.133. The van der Waals surface area contributed by atoms with Crippen LogP contribution in [0.15, 0.2) is 18.2 Å². The van der Waals surface area contributed by atoms with Crippen molar-refractivity contribution in [1.29, 1.82) is 0 Å². The highest BCUT2D eigenvalue weighted by atomic mass is 35.5. The number of anilines is 1. The molecule has 1 aliphatic heterocycles. The first-order valence-corrected chi connectivity index (χ1v) is 8.40. The molecule has 0 spiro atoms. The topological polar surface area (TPSA) is 87.7 Å². The number of benzene rings is 1. The van der Waals surface area contributed by atoms with Crippen LogP contribution >= 0.6 is 11.6 Å². The maximum absolute atomic E-state index is 12.6. The van der Waals surface area contributed by atoms with Crippen LogP contribution in [0.4, 0.5) is 5.69 Å². The second kappa shape index (κ2) is 7.74. The third-order valence-corrected chi connectivity index (χ3v) is 3.96. The molecule has 0 unspecified atom stereocenters. The van der Waals surface area contributed by atoms with E-state index in [2.05, 4.69) is 10.6 Å². The summed E-state index contributed by atoms with van der Waals surface area (Å²) < 4.78 is 5.73. The highest BCUT2D eigenvalue weighted by molar-refractivity contribution is 6.31. The van der Waals surface area contributed by atoms with Gasteiger partial charge in [-0.25, -0.2) is 0 Å². The lowest BCUT2D eigenvalue weighted by Crippen LogP contribution is -2.53. The van der Waals surface area contributed by atoms with Crippen molar-refractivity contribution < 1.29 is 19.1 Å². The lowest BCUT2D eigenvalue weighted by atomic mass is 10.0. The Labute approximate surface area is 151 Å². The molecule has 0 aromatic heterocycles. The van der Waals surface area contributed by atoms with E-state index in [0.717, 1.165) is 0 Å². The predicted octanol–water partition coefficient (Wildman–Crippen LogP) is 1.49. The molecule has 2 N–H and O–H groups in total. The number of carbonyl (C=O) groups excluding carboxylic acids is 3. The van der Waals surface area contributed by atoms with Gasteiger partial charge in [0.1, 0.15) is 5.75 Å². The molecule has 0 fully saturated rings. The summed E-state index contributed by atoms with van der Waals surface area (Å²) in [6, 6.07) is 5.06. The van der Waals surface area contributed by atoms with Crippen LogP contribution in [-0.2, 0) is 14.4 Å². The smallest absolute Gasteiger partial charge is 0.270 e. The summed E-state index contributed by atoms with van der Waals surface area (Å²) in [5.41, 5.74) is -0.453. The average molecular weight is 368 g/mol. The number of amides is 3. The van der Waals surface area contributed by atoms with Crippen molar-refractivity contribution in [1.82, 2.24) is 10.6 Å². The Morgan fingerprint density at radius 3 is 2.60 bits per heavy atom. The molecule has 1 aromatic rings. The average Bonchev–Trinajstić information content (AvgIpc) is 2.52. The summed E-state index contributed by atoms with van der Waals surface area (Å²) in [5, 5.41) is 5.78. The summed E-state index contributed by atoms with van der Waals surface area (Å²) in [5.74, 6) is -0.0247. The predicted molar refractivity (Wildman–Crippen MR) is 94.8 cm³/mol. The largest absolute Gasteiger partial charge is 0.476 e. The molecule has 7 nitrogen and oxygen atoms in total. The van der Waals surface area contributed by atoms with Crippen LogP contribution in [0.3, 0.4) is 0 Å². The Morgan fingerprint density at radius 1 is 1.24 bits per heavy atom. The highest BCUT2D eigenvalue weighted by Gasteiger charge is 2.40. The number of halogens is 1. The van der Waals surface area contributed by atoms with Crippen LogP contribution in [0.1, 0.15) is 27.2 Å². The molecule has 0 atom stereocenters. The molecule has 8 heteroatoms. The van der Waals surface area contributed by atoms with E-state index in [-0.39, 0.29) is 30.7 Å². The maximum atomic E-state index is 12.6. The zero-order valence-electron chi connectivity index (χ0n) is 14.5. The van der Waals surface area contributed by atoms with Gasteiger partial charge in [0.25, 0.3) is 5.91 Å². The normalized spacial score (nSPS) is 15.2. The van der Waals surface area contributed by atoms with E-state index in [1.54, 1.807) is 32.0 Å². The summed E-state index contributed by atoms with van der Waals surface area (Å²) >= 11 is 6.03. The Balaban J connectivity index is 2.00. The minimum Gasteiger partial charge on any atom is -0.476 e. The van der Waals surface area contributed by atoms with E-state index in [4.69, 9.17) is 16.3 Å². The Hall–Kier alpha value is -2.28. The summed E-state index contributed by atoms with van der Waals surface area (Å²) in [7, 11) is 0. The number of fused-ring (bicyclic) bond motifs is 1. The first kappa shape index (κ1) is 19.1. The van der Waals surface area contributed by atoms with Crippen LogP contribution in [-0.4, -0.2) is 43.0 Å². The van der Waals surface area contributed by atoms with Gasteiger partial charge >= 0.3 is 0 Å². The van der Waals surface area contributed by atoms with Gasteiger partial charge in [-0.3, -0.25) is 14.4 Å². The van der Waals surface area contributed by atoms with Gasteiger partial charge in [-0.15, -0.1) is 0 Å². The van der Waals surface area contributed by atoms with Gasteiger partial charge in [-0.05, 0) is 32.0 Å². The quantitative estimate of drug-likeness (QED) is 0.745. The molecular formula is C17H22ClN3O4. The monoisotopic (exact) mass is 367 g/mol. The van der Waals surface area contributed by atoms with Gasteiger partial charge in [0.2, 0.25) is 11.8 Å². The van der Waals surface area contributed by atoms with Gasteiger partial charge in [0.05, 0.1) is 5.69 Å². The van der Waals surface area contributed by atoms with Gasteiger partial charge in [-0.1, -0.05) is 11.6 Å². The Morgan fingerprint density at radius 2 is 1.92 bits per heavy atom. The zero-order valence-corrected chi connectivity index (χ0v) is 15.3. The Bertz CT molecular complexity index is 690. The lowest BCUT2D eigenvalue weighted by Gasteiger charge is -2.38. The number of nitrogens with zero attached hydrogens (tertiary/aromatic N) is 1. The summed E-state index contributed by atoms with van der Waals surface area (Å²) in [4.78, 5) is 36.9. The fraction of sp³-hybridized carbons (Fsp3) is 0.471. The third kappa shape index (κ3) is 4.85. The van der Waals surface area contributed by atoms with Crippen molar-refractivity contribution in [3.05, 3.63) is 23.2 Å². The molecule has 25 heavy (non-hydrogen) atoms. The number of rotatable bonds is 6. The number of hydrogen-bond acceptors (Lipinski definition) is 4. The van der Waals surface area contributed by atoms with E-state index < -0.39 is 5.60 Å². The third-order valence-electron chi connectivity index (χ3n) is 3.72. The van der Waals surface area contributed by atoms with E-state index in [1.165, 1.54) is 11.8 Å². The van der Waals surface area contributed by atoms with Gasteiger partial charge in [0.15, 0.2) is 5.60 Å². The van der Waals surface area contributed by atoms with Crippen molar-refractivity contribution in [2.24, 2.45) is 0 Å². The Kier molecular flexibility index (Phi) is 5.89. The molecule has 0 aliphatic carbocycles. The van der Waals surface area contributed by atoms with Crippen molar-refractivity contribution in [3.63, 3.8) is 0 Å². The first-order valence-electron chi connectivity index (χ1n) is 8.02. The first-order chi connectivity index (χ1) is 11.7. The van der Waals surface area contributed by atoms with Crippen molar-refractivity contribution in [2.75, 3.05) is 24.5 Å². The fourth-order valence-corrected chi connectivity index (χ4v) is 2.67. The minimum absolute atomic E-state index is 0.133. The lowest BCUT2D eigenvalue weighted by molar-refractivity contribution is -0.132. The van der Waals surface area contributed by atoms with Crippen LogP contribution in [0.25, 0.3) is 0 Å². The van der Waals surface area contributed by atoms with E-state index in [9.17, 15) is 14.4 Å². The fourth-order valence-electron chi connectivity index (χ4n) is 2.50. The van der Waals surface area contributed by atoms with Crippen molar-refractivity contribution >= 4 is 35.0 Å². The van der Waals surface area contributed by atoms with Crippen molar-refractivity contribution in [3.8, 4) is 5.75 Å². The van der Waals surface area contributed by atoms with Crippen LogP contribution in [0.2, 0.25) is 5.02 Å². The molecule has 0 radical (unpaired) electrons. The molecule has 0 saturated carbocycles. The van der Waals surface area contributed by atoms with E-state index >= 15 is 0 Å². The molecular weight excluding hydrogens is 346 g/mol.